The first-order valence-electron chi connectivity index (χ1n) is 5.25. The number of anilines is 1. The van der Waals surface area contributed by atoms with Crippen LogP contribution in [0.4, 0.5) is 5.69 Å². The average Bonchev–Trinajstić information content (AvgIpc) is 2.82. The van der Waals surface area contributed by atoms with Crippen molar-refractivity contribution in [2.24, 2.45) is 0 Å². The van der Waals surface area contributed by atoms with Gasteiger partial charge in [0.05, 0.1) is 18.3 Å². The van der Waals surface area contributed by atoms with Crippen LogP contribution in [0.3, 0.4) is 0 Å². The fourth-order valence-electron chi connectivity index (χ4n) is 1.35. The van der Waals surface area contributed by atoms with Crippen molar-refractivity contribution in [1.82, 2.24) is 19.7 Å². The summed E-state index contributed by atoms with van der Waals surface area (Å²) >= 11 is 0. The zero-order valence-electron chi connectivity index (χ0n) is 9.70. The van der Waals surface area contributed by atoms with Gasteiger partial charge in [-0.1, -0.05) is 0 Å². The van der Waals surface area contributed by atoms with E-state index in [0.29, 0.717) is 11.5 Å². The van der Waals surface area contributed by atoms with E-state index in [9.17, 15) is 9.59 Å². The third-order valence-corrected chi connectivity index (χ3v) is 2.09. The fourth-order valence-corrected chi connectivity index (χ4v) is 1.35. The highest BCUT2D eigenvalue weighted by molar-refractivity contribution is 6.03. The Morgan fingerprint density at radius 3 is 2.78 bits per heavy atom. The molecule has 7 heteroatoms. The number of amides is 1. The number of aromatic nitrogens is 4. The highest BCUT2D eigenvalue weighted by atomic mass is 16.2. The fraction of sp³-hybridized carbons (Fsp3) is 0.182. The maximum atomic E-state index is 11.3. The SMILES string of the molecule is CC(=O)CC(=O)Nc1ccc(-n2cncn2)nc1. The molecule has 0 saturated heterocycles. The smallest absolute Gasteiger partial charge is 0.231 e. The van der Waals surface area contributed by atoms with Crippen molar-refractivity contribution in [3.05, 3.63) is 31.0 Å². The van der Waals surface area contributed by atoms with E-state index in [2.05, 4.69) is 20.4 Å². The number of nitrogens with zero attached hydrogens (tertiary/aromatic N) is 4. The molecule has 1 amide bonds. The van der Waals surface area contributed by atoms with Crippen LogP contribution in [-0.4, -0.2) is 31.4 Å². The highest BCUT2D eigenvalue weighted by Gasteiger charge is 2.06. The largest absolute Gasteiger partial charge is 0.324 e. The maximum absolute atomic E-state index is 11.3. The van der Waals surface area contributed by atoms with E-state index >= 15 is 0 Å². The molecule has 0 atom stereocenters. The van der Waals surface area contributed by atoms with E-state index in [-0.39, 0.29) is 18.1 Å². The second-order valence-corrected chi connectivity index (χ2v) is 3.67. The molecule has 2 rings (SSSR count). The number of ketones is 1. The van der Waals surface area contributed by atoms with Crippen LogP contribution in [0.1, 0.15) is 13.3 Å². The maximum Gasteiger partial charge on any atom is 0.231 e. The lowest BCUT2D eigenvalue weighted by Crippen LogP contribution is -2.15. The molecule has 0 bridgehead atoms. The molecule has 0 aliphatic carbocycles. The molecule has 2 aromatic rings. The van der Waals surface area contributed by atoms with Gasteiger partial charge in [-0.2, -0.15) is 5.10 Å². The topological polar surface area (TPSA) is 89.8 Å². The van der Waals surface area contributed by atoms with Crippen molar-refractivity contribution >= 4 is 17.4 Å². The molecule has 0 saturated carbocycles. The van der Waals surface area contributed by atoms with Crippen molar-refractivity contribution in [2.75, 3.05) is 5.32 Å². The van der Waals surface area contributed by atoms with Crippen molar-refractivity contribution < 1.29 is 9.59 Å². The Hall–Kier alpha value is -2.57. The van der Waals surface area contributed by atoms with Gasteiger partial charge < -0.3 is 5.32 Å². The predicted octanol–water partition coefficient (Wildman–Crippen LogP) is 0.580. The summed E-state index contributed by atoms with van der Waals surface area (Å²) in [6.07, 6.45) is 4.29. The summed E-state index contributed by atoms with van der Waals surface area (Å²) < 4.78 is 1.50. The van der Waals surface area contributed by atoms with Gasteiger partial charge in [0.2, 0.25) is 5.91 Å². The number of pyridine rings is 1. The van der Waals surface area contributed by atoms with Gasteiger partial charge in [-0.25, -0.2) is 14.6 Å². The zero-order chi connectivity index (χ0) is 13.0. The van der Waals surface area contributed by atoms with Gasteiger partial charge in [0.1, 0.15) is 18.4 Å². The van der Waals surface area contributed by atoms with Crippen LogP contribution in [0.5, 0.6) is 0 Å². The molecule has 0 radical (unpaired) electrons. The molecule has 1 N–H and O–H groups in total. The second-order valence-electron chi connectivity index (χ2n) is 3.67. The first kappa shape index (κ1) is 11.9. The molecule has 92 valence electrons. The quantitative estimate of drug-likeness (QED) is 0.796. The molecule has 0 spiro atoms. The van der Waals surface area contributed by atoms with E-state index < -0.39 is 0 Å². The minimum Gasteiger partial charge on any atom is -0.324 e. The number of carbonyl (C=O) groups is 2. The van der Waals surface area contributed by atoms with Crippen molar-refractivity contribution in [3.8, 4) is 5.82 Å². The van der Waals surface area contributed by atoms with Crippen LogP contribution in [0.15, 0.2) is 31.0 Å². The predicted molar refractivity (Wildman–Crippen MR) is 63.1 cm³/mol. The molecule has 0 unspecified atom stereocenters. The standard InChI is InChI=1S/C11H11N5O2/c1-8(17)4-11(18)15-9-2-3-10(13-5-9)16-7-12-6-14-16/h2-3,5-7H,4H2,1H3,(H,15,18). The number of hydrogen-bond donors (Lipinski definition) is 1. The zero-order valence-corrected chi connectivity index (χ0v) is 9.70. The Balaban J connectivity index is 2.04. The van der Waals surface area contributed by atoms with E-state index in [4.69, 9.17) is 0 Å². The van der Waals surface area contributed by atoms with Crippen molar-refractivity contribution in [1.29, 1.82) is 0 Å². The van der Waals surface area contributed by atoms with Crippen molar-refractivity contribution in [2.45, 2.75) is 13.3 Å². The van der Waals surface area contributed by atoms with E-state index in [1.807, 2.05) is 0 Å². The molecule has 2 aromatic heterocycles. The summed E-state index contributed by atoms with van der Waals surface area (Å²) in [6, 6.07) is 3.38. The van der Waals surface area contributed by atoms with Crippen LogP contribution in [-0.2, 0) is 9.59 Å². The van der Waals surface area contributed by atoms with Gasteiger partial charge >= 0.3 is 0 Å². The summed E-state index contributed by atoms with van der Waals surface area (Å²) in [6.45, 7) is 1.37. The first-order chi connectivity index (χ1) is 8.65. The summed E-state index contributed by atoms with van der Waals surface area (Å²) in [5.41, 5.74) is 0.533. The third kappa shape index (κ3) is 2.97. The molecular formula is C11H11N5O2. The van der Waals surface area contributed by atoms with Gasteiger partial charge in [0, 0.05) is 0 Å². The summed E-state index contributed by atoms with van der Waals surface area (Å²) in [4.78, 5) is 30.0. The number of carbonyl (C=O) groups excluding carboxylic acids is 2. The van der Waals surface area contributed by atoms with Gasteiger partial charge in [0.15, 0.2) is 5.82 Å². The minimum absolute atomic E-state index is 0.134. The lowest BCUT2D eigenvalue weighted by molar-refractivity contribution is -0.124. The average molecular weight is 245 g/mol. The number of Topliss-reactive ketones (excluding diaryl/α,β-unsaturated/α-hetero) is 1. The summed E-state index contributed by atoms with van der Waals surface area (Å²) in [5.74, 6) is 0.0644. The van der Waals surface area contributed by atoms with E-state index in [1.54, 1.807) is 12.1 Å². The lowest BCUT2D eigenvalue weighted by Gasteiger charge is -2.04. The molecule has 0 aromatic carbocycles. The molecule has 0 aliphatic heterocycles. The van der Waals surface area contributed by atoms with Crippen LogP contribution in [0.25, 0.3) is 5.82 Å². The van der Waals surface area contributed by atoms with Gasteiger partial charge in [0.25, 0.3) is 0 Å². The van der Waals surface area contributed by atoms with Gasteiger partial charge in [-0.15, -0.1) is 0 Å². The molecular weight excluding hydrogens is 234 g/mol. The summed E-state index contributed by atoms with van der Waals surface area (Å²) in [5, 5.41) is 6.51. The second kappa shape index (κ2) is 5.17. The molecule has 0 aliphatic rings. The van der Waals surface area contributed by atoms with E-state index in [0.717, 1.165) is 0 Å². The Morgan fingerprint density at radius 1 is 1.39 bits per heavy atom. The minimum atomic E-state index is -0.349. The molecule has 2 heterocycles. The Kier molecular flexibility index (Phi) is 3.42. The Bertz CT molecular complexity index is 547. The normalized spacial score (nSPS) is 10.1. The van der Waals surface area contributed by atoms with Gasteiger partial charge in [-0.3, -0.25) is 9.59 Å². The molecule has 18 heavy (non-hydrogen) atoms. The third-order valence-electron chi connectivity index (χ3n) is 2.09. The van der Waals surface area contributed by atoms with Crippen LogP contribution < -0.4 is 5.32 Å². The van der Waals surface area contributed by atoms with Crippen LogP contribution in [0, 0.1) is 0 Å². The van der Waals surface area contributed by atoms with Gasteiger partial charge in [-0.05, 0) is 19.1 Å². The molecule has 0 fully saturated rings. The number of hydrogen-bond acceptors (Lipinski definition) is 5. The monoisotopic (exact) mass is 245 g/mol. The van der Waals surface area contributed by atoms with Crippen molar-refractivity contribution in [3.63, 3.8) is 0 Å². The van der Waals surface area contributed by atoms with E-state index in [1.165, 1.54) is 30.5 Å². The Morgan fingerprint density at radius 2 is 2.22 bits per heavy atom. The highest BCUT2D eigenvalue weighted by Crippen LogP contribution is 2.08. The number of rotatable bonds is 4. The Labute approximate surface area is 103 Å². The first-order valence-corrected chi connectivity index (χ1v) is 5.25. The van der Waals surface area contributed by atoms with Crippen LogP contribution in [0.2, 0.25) is 0 Å². The van der Waals surface area contributed by atoms with Crippen LogP contribution >= 0.6 is 0 Å². The summed E-state index contributed by atoms with van der Waals surface area (Å²) in [7, 11) is 0. The molecule has 7 nitrogen and oxygen atoms in total. The lowest BCUT2D eigenvalue weighted by atomic mass is 10.3. The number of nitrogens with one attached hydrogen (secondary N) is 1.